The summed E-state index contributed by atoms with van der Waals surface area (Å²) in [7, 11) is 0. The lowest BCUT2D eigenvalue weighted by Crippen LogP contribution is -2.50. The van der Waals surface area contributed by atoms with E-state index in [9.17, 15) is 0 Å². The lowest BCUT2D eigenvalue weighted by Gasteiger charge is -2.33. The standard InChI is InChI=1S/C14H26N4/c1-4-6-8-17-11-13(5-2)16-14(17)18-9-7-15-12(3)10-18/h11-12,15H,4-10H2,1-3H3/t12-/m1/s1. The average Bonchev–Trinajstić information content (AvgIpc) is 2.79. The number of rotatable bonds is 5. The summed E-state index contributed by atoms with van der Waals surface area (Å²) in [6.07, 6.45) is 5.72. The second-order valence-electron chi connectivity index (χ2n) is 5.23. The summed E-state index contributed by atoms with van der Waals surface area (Å²) in [5.41, 5.74) is 1.22. The van der Waals surface area contributed by atoms with Gasteiger partial charge in [0.05, 0.1) is 5.69 Å². The zero-order chi connectivity index (χ0) is 13.0. The number of unbranched alkanes of at least 4 members (excludes halogenated alkanes) is 1. The van der Waals surface area contributed by atoms with Gasteiger partial charge in [0.2, 0.25) is 5.95 Å². The van der Waals surface area contributed by atoms with Crippen LogP contribution in [0.5, 0.6) is 0 Å². The minimum Gasteiger partial charge on any atom is -0.339 e. The van der Waals surface area contributed by atoms with E-state index >= 15 is 0 Å². The van der Waals surface area contributed by atoms with Crippen molar-refractivity contribution >= 4 is 5.95 Å². The molecule has 0 aliphatic carbocycles. The number of hydrogen-bond acceptors (Lipinski definition) is 3. The van der Waals surface area contributed by atoms with E-state index in [2.05, 4.69) is 41.8 Å². The first kappa shape index (κ1) is 13.4. The number of hydrogen-bond donors (Lipinski definition) is 1. The Morgan fingerprint density at radius 3 is 2.94 bits per heavy atom. The van der Waals surface area contributed by atoms with Crippen molar-refractivity contribution in [1.29, 1.82) is 0 Å². The van der Waals surface area contributed by atoms with Crippen LogP contribution in [0.25, 0.3) is 0 Å². The zero-order valence-corrected chi connectivity index (χ0v) is 11.9. The molecule has 18 heavy (non-hydrogen) atoms. The molecule has 0 bridgehead atoms. The van der Waals surface area contributed by atoms with Crippen molar-refractivity contribution in [3.63, 3.8) is 0 Å². The van der Waals surface area contributed by atoms with Crippen LogP contribution in [0.4, 0.5) is 5.95 Å². The van der Waals surface area contributed by atoms with Crippen LogP contribution in [0.1, 0.15) is 39.3 Å². The largest absolute Gasteiger partial charge is 0.339 e. The molecule has 4 heteroatoms. The quantitative estimate of drug-likeness (QED) is 0.868. The second-order valence-corrected chi connectivity index (χ2v) is 5.23. The molecule has 1 aliphatic heterocycles. The van der Waals surface area contributed by atoms with E-state index in [0.29, 0.717) is 6.04 Å². The Bertz CT molecular complexity index is 372. The first-order valence-electron chi connectivity index (χ1n) is 7.29. The molecule has 1 aromatic rings. The van der Waals surface area contributed by atoms with Crippen molar-refractivity contribution < 1.29 is 0 Å². The summed E-state index contributed by atoms with van der Waals surface area (Å²) in [6, 6.07) is 0.556. The molecule has 1 N–H and O–H groups in total. The van der Waals surface area contributed by atoms with Crippen molar-refractivity contribution in [2.75, 3.05) is 24.5 Å². The highest BCUT2D eigenvalue weighted by atomic mass is 15.3. The molecule has 2 rings (SSSR count). The maximum Gasteiger partial charge on any atom is 0.205 e. The topological polar surface area (TPSA) is 33.1 Å². The van der Waals surface area contributed by atoms with Crippen LogP contribution >= 0.6 is 0 Å². The van der Waals surface area contributed by atoms with Gasteiger partial charge in [0, 0.05) is 38.4 Å². The zero-order valence-electron chi connectivity index (χ0n) is 11.9. The van der Waals surface area contributed by atoms with Gasteiger partial charge in [-0.2, -0.15) is 0 Å². The number of imidazole rings is 1. The Balaban J connectivity index is 2.15. The number of aromatic nitrogens is 2. The number of nitrogens with one attached hydrogen (secondary N) is 1. The molecule has 1 saturated heterocycles. The number of anilines is 1. The van der Waals surface area contributed by atoms with Crippen LogP contribution in [-0.4, -0.2) is 35.2 Å². The fourth-order valence-corrected chi connectivity index (χ4v) is 2.49. The first-order valence-corrected chi connectivity index (χ1v) is 7.29. The Hall–Kier alpha value is -1.03. The van der Waals surface area contributed by atoms with Crippen LogP contribution in [0.3, 0.4) is 0 Å². The fraction of sp³-hybridized carbons (Fsp3) is 0.786. The normalized spacial score (nSPS) is 20.4. The van der Waals surface area contributed by atoms with Gasteiger partial charge in [-0.25, -0.2) is 4.98 Å². The number of aryl methyl sites for hydroxylation is 2. The summed E-state index contributed by atoms with van der Waals surface area (Å²) in [5.74, 6) is 1.17. The predicted molar refractivity (Wildman–Crippen MR) is 76.2 cm³/mol. The SMILES string of the molecule is CCCCn1cc(CC)nc1N1CCN[C@H](C)C1. The first-order chi connectivity index (χ1) is 8.74. The molecule has 0 radical (unpaired) electrons. The Morgan fingerprint density at radius 2 is 2.28 bits per heavy atom. The molecule has 102 valence electrons. The van der Waals surface area contributed by atoms with Gasteiger partial charge in [-0.05, 0) is 19.8 Å². The third-order valence-electron chi connectivity index (χ3n) is 3.57. The van der Waals surface area contributed by atoms with Gasteiger partial charge in [-0.3, -0.25) is 0 Å². The van der Waals surface area contributed by atoms with Crippen LogP contribution < -0.4 is 10.2 Å². The van der Waals surface area contributed by atoms with Gasteiger partial charge >= 0.3 is 0 Å². The lowest BCUT2D eigenvalue weighted by molar-refractivity contribution is 0.472. The van der Waals surface area contributed by atoms with Gasteiger partial charge in [-0.1, -0.05) is 20.3 Å². The molecule has 0 saturated carbocycles. The van der Waals surface area contributed by atoms with Crippen molar-refractivity contribution in [2.45, 2.75) is 52.6 Å². The maximum absolute atomic E-state index is 4.80. The third-order valence-corrected chi connectivity index (χ3v) is 3.57. The van der Waals surface area contributed by atoms with E-state index in [4.69, 9.17) is 4.98 Å². The molecule has 1 fully saturated rings. The summed E-state index contributed by atoms with van der Waals surface area (Å²) >= 11 is 0. The molecule has 0 aromatic carbocycles. The van der Waals surface area contributed by atoms with E-state index in [-0.39, 0.29) is 0 Å². The Kier molecular flexibility index (Phi) is 4.64. The highest BCUT2D eigenvalue weighted by Crippen LogP contribution is 2.17. The van der Waals surface area contributed by atoms with Gasteiger partial charge in [0.1, 0.15) is 0 Å². The minimum atomic E-state index is 0.556. The van der Waals surface area contributed by atoms with Gasteiger partial charge < -0.3 is 14.8 Å². The van der Waals surface area contributed by atoms with E-state index in [1.807, 2.05) is 0 Å². The van der Waals surface area contributed by atoms with Gasteiger partial charge in [0.15, 0.2) is 0 Å². The number of nitrogens with zero attached hydrogens (tertiary/aromatic N) is 3. The third kappa shape index (κ3) is 3.05. The second kappa shape index (κ2) is 6.23. The molecular weight excluding hydrogens is 224 g/mol. The molecule has 1 atom stereocenters. The summed E-state index contributed by atoms with van der Waals surface area (Å²) in [5, 5.41) is 3.49. The van der Waals surface area contributed by atoms with E-state index in [1.54, 1.807) is 0 Å². The van der Waals surface area contributed by atoms with Crippen LogP contribution in [0, 0.1) is 0 Å². The van der Waals surface area contributed by atoms with Crippen molar-refractivity contribution in [1.82, 2.24) is 14.9 Å². The lowest BCUT2D eigenvalue weighted by atomic mass is 10.2. The number of piperazine rings is 1. The molecule has 0 amide bonds. The average molecular weight is 250 g/mol. The molecular formula is C14H26N4. The molecule has 0 unspecified atom stereocenters. The monoisotopic (exact) mass is 250 g/mol. The van der Waals surface area contributed by atoms with E-state index in [0.717, 1.165) is 32.6 Å². The van der Waals surface area contributed by atoms with Gasteiger partial charge in [-0.15, -0.1) is 0 Å². The van der Waals surface area contributed by atoms with Crippen LogP contribution in [-0.2, 0) is 13.0 Å². The van der Waals surface area contributed by atoms with Crippen LogP contribution in [0.15, 0.2) is 6.20 Å². The van der Waals surface area contributed by atoms with Crippen molar-refractivity contribution in [3.05, 3.63) is 11.9 Å². The predicted octanol–water partition coefficient (Wildman–Crippen LogP) is 2.04. The van der Waals surface area contributed by atoms with E-state index < -0.39 is 0 Å². The van der Waals surface area contributed by atoms with Crippen LogP contribution in [0.2, 0.25) is 0 Å². The van der Waals surface area contributed by atoms with Crippen molar-refractivity contribution in [2.24, 2.45) is 0 Å². The van der Waals surface area contributed by atoms with Gasteiger partial charge in [0.25, 0.3) is 0 Å². The highest BCUT2D eigenvalue weighted by Gasteiger charge is 2.20. The molecule has 4 nitrogen and oxygen atoms in total. The summed E-state index contributed by atoms with van der Waals surface area (Å²) < 4.78 is 2.35. The van der Waals surface area contributed by atoms with Crippen molar-refractivity contribution in [3.8, 4) is 0 Å². The Labute approximate surface area is 110 Å². The smallest absolute Gasteiger partial charge is 0.205 e. The molecule has 0 spiro atoms. The highest BCUT2D eigenvalue weighted by molar-refractivity contribution is 5.35. The fourth-order valence-electron chi connectivity index (χ4n) is 2.49. The minimum absolute atomic E-state index is 0.556. The summed E-state index contributed by atoms with van der Waals surface area (Å²) in [6.45, 7) is 10.9. The molecule has 2 heterocycles. The summed E-state index contributed by atoms with van der Waals surface area (Å²) in [4.78, 5) is 7.23. The van der Waals surface area contributed by atoms with E-state index in [1.165, 1.54) is 24.5 Å². The molecule has 1 aromatic heterocycles. The molecule has 1 aliphatic rings. The maximum atomic E-state index is 4.80. The Morgan fingerprint density at radius 1 is 1.44 bits per heavy atom.